The summed E-state index contributed by atoms with van der Waals surface area (Å²) in [5, 5.41) is 3.70. The summed E-state index contributed by atoms with van der Waals surface area (Å²) in [6.45, 7) is 0. The van der Waals surface area contributed by atoms with E-state index in [2.05, 4.69) is 21.1 Å². The third kappa shape index (κ3) is 2.67. The summed E-state index contributed by atoms with van der Waals surface area (Å²) in [6, 6.07) is 10.2. The highest BCUT2D eigenvalue weighted by Crippen LogP contribution is 2.37. The van der Waals surface area contributed by atoms with Crippen LogP contribution in [0.3, 0.4) is 0 Å². The quantitative estimate of drug-likeness (QED) is 0.732. The van der Waals surface area contributed by atoms with Gasteiger partial charge in [-0.05, 0) is 35.9 Å². The van der Waals surface area contributed by atoms with Crippen molar-refractivity contribution in [3.05, 3.63) is 58.6 Å². The summed E-state index contributed by atoms with van der Waals surface area (Å²) in [5.74, 6) is -0.423. The van der Waals surface area contributed by atoms with Crippen molar-refractivity contribution in [3.8, 4) is 22.5 Å². The lowest BCUT2D eigenvalue weighted by atomic mass is 10.0. The van der Waals surface area contributed by atoms with Crippen LogP contribution in [0.5, 0.6) is 0 Å². The summed E-state index contributed by atoms with van der Waals surface area (Å²) < 4.78 is 32.7. The molecule has 1 aromatic heterocycles. The van der Waals surface area contributed by atoms with Gasteiger partial charge in [-0.2, -0.15) is 0 Å². The highest BCUT2D eigenvalue weighted by Gasteiger charge is 2.19. The fraction of sp³-hybridized carbons (Fsp3) is 0. The molecule has 1 heterocycles. The van der Waals surface area contributed by atoms with Crippen LogP contribution >= 0.6 is 15.9 Å². The molecule has 6 heteroatoms. The molecule has 0 saturated heterocycles. The van der Waals surface area contributed by atoms with Crippen LogP contribution in [0.4, 0.5) is 14.6 Å². The van der Waals surface area contributed by atoms with Gasteiger partial charge < -0.3 is 10.3 Å². The lowest BCUT2D eigenvalue weighted by molar-refractivity contribution is 0.435. The van der Waals surface area contributed by atoms with Gasteiger partial charge in [0.15, 0.2) is 11.6 Å². The Hall–Kier alpha value is -2.21. The van der Waals surface area contributed by atoms with Crippen LogP contribution in [0.2, 0.25) is 0 Å². The lowest BCUT2D eigenvalue weighted by Gasteiger charge is -2.04. The molecule has 0 aliphatic carbocycles. The average molecular weight is 351 g/mol. The zero-order chi connectivity index (χ0) is 15.0. The fourth-order valence-electron chi connectivity index (χ4n) is 2.11. The van der Waals surface area contributed by atoms with E-state index in [-0.39, 0.29) is 5.82 Å². The van der Waals surface area contributed by atoms with Crippen LogP contribution < -0.4 is 5.73 Å². The lowest BCUT2D eigenvalue weighted by Crippen LogP contribution is -1.90. The maximum absolute atomic E-state index is 13.5. The Bertz CT molecular complexity index is 797. The van der Waals surface area contributed by atoms with Crippen LogP contribution in [-0.2, 0) is 0 Å². The Morgan fingerprint density at radius 3 is 2.48 bits per heavy atom. The molecule has 0 unspecified atom stereocenters. The number of nitrogens with two attached hydrogens (primary N) is 1. The minimum atomic E-state index is -0.431. The zero-order valence-electron chi connectivity index (χ0n) is 10.6. The molecule has 3 nitrogen and oxygen atoms in total. The monoisotopic (exact) mass is 350 g/mol. The number of hydrogen-bond acceptors (Lipinski definition) is 3. The largest absolute Gasteiger partial charge is 0.380 e. The molecule has 0 saturated carbocycles. The smallest absolute Gasteiger partial charge is 0.177 e. The third-order valence-electron chi connectivity index (χ3n) is 2.96. The van der Waals surface area contributed by atoms with Crippen molar-refractivity contribution in [2.45, 2.75) is 0 Å². The molecule has 0 aliphatic rings. The number of halogens is 3. The van der Waals surface area contributed by atoms with Gasteiger partial charge in [-0.1, -0.05) is 33.2 Å². The first-order valence-corrected chi connectivity index (χ1v) is 6.81. The minimum Gasteiger partial charge on any atom is -0.380 e. The average Bonchev–Trinajstić information content (AvgIpc) is 2.79. The van der Waals surface area contributed by atoms with Crippen molar-refractivity contribution in [2.75, 3.05) is 5.73 Å². The molecular weight excluding hydrogens is 342 g/mol. The Morgan fingerprint density at radius 2 is 1.76 bits per heavy atom. The van der Waals surface area contributed by atoms with Crippen molar-refractivity contribution in [1.29, 1.82) is 0 Å². The number of hydrogen-bond donors (Lipinski definition) is 1. The van der Waals surface area contributed by atoms with E-state index in [1.165, 1.54) is 24.3 Å². The normalized spacial score (nSPS) is 10.8. The molecule has 2 N–H and O–H groups in total. The second-order valence-corrected chi connectivity index (χ2v) is 5.36. The molecule has 0 radical (unpaired) electrons. The van der Waals surface area contributed by atoms with Crippen molar-refractivity contribution in [2.24, 2.45) is 0 Å². The van der Waals surface area contributed by atoms with Crippen LogP contribution in [0.1, 0.15) is 0 Å². The SMILES string of the molecule is Nc1noc(-c2cc(F)cc(Br)c2)c1-c1cccc(F)c1. The Morgan fingerprint density at radius 1 is 1.00 bits per heavy atom. The molecule has 0 spiro atoms. The predicted molar refractivity (Wildman–Crippen MR) is 79.4 cm³/mol. The maximum Gasteiger partial charge on any atom is 0.177 e. The molecule has 0 fully saturated rings. The van der Waals surface area contributed by atoms with Crippen molar-refractivity contribution in [3.63, 3.8) is 0 Å². The summed E-state index contributed by atoms with van der Waals surface area (Å²) in [7, 11) is 0. The van der Waals surface area contributed by atoms with E-state index in [9.17, 15) is 8.78 Å². The number of nitrogen functional groups attached to an aromatic ring is 1. The minimum absolute atomic E-state index is 0.121. The second kappa shape index (κ2) is 5.29. The van der Waals surface area contributed by atoms with E-state index in [0.717, 1.165) is 0 Å². The number of aromatic nitrogens is 1. The summed E-state index contributed by atoms with van der Waals surface area (Å²) in [4.78, 5) is 0. The number of anilines is 1. The fourth-order valence-corrected chi connectivity index (χ4v) is 2.57. The molecule has 2 aromatic carbocycles. The molecule has 3 rings (SSSR count). The number of nitrogens with zero attached hydrogens (tertiary/aromatic N) is 1. The van der Waals surface area contributed by atoms with Crippen molar-refractivity contribution >= 4 is 21.7 Å². The Labute approximate surface area is 127 Å². The van der Waals surface area contributed by atoms with E-state index >= 15 is 0 Å². The van der Waals surface area contributed by atoms with E-state index < -0.39 is 11.6 Å². The Balaban J connectivity index is 2.21. The van der Waals surface area contributed by atoms with Gasteiger partial charge in [-0.15, -0.1) is 0 Å². The van der Waals surface area contributed by atoms with Gasteiger partial charge in [-0.25, -0.2) is 8.78 Å². The second-order valence-electron chi connectivity index (χ2n) is 4.44. The van der Waals surface area contributed by atoms with Gasteiger partial charge in [-0.3, -0.25) is 0 Å². The molecule has 0 aliphatic heterocycles. The van der Waals surface area contributed by atoms with Gasteiger partial charge in [0, 0.05) is 10.0 Å². The van der Waals surface area contributed by atoms with Gasteiger partial charge in [0.2, 0.25) is 0 Å². The third-order valence-corrected chi connectivity index (χ3v) is 3.41. The molecule has 0 atom stereocenters. The zero-order valence-corrected chi connectivity index (χ0v) is 12.2. The maximum atomic E-state index is 13.5. The van der Waals surface area contributed by atoms with Gasteiger partial charge in [0.1, 0.15) is 11.6 Å². The van der Waals surface area contributed by atoms with Gasteiger partial charge >= 0.3 is 0 Å². The predicted octanol–water partition coefficient (Wildman–Crippen LogP) is 4.63. The molecule has 0 amide bonds. The standard InChI is InChI=1S/C15H9BrF2N2O/c16-10-4-9(6-12(18)7-10)14-13(15(19)20-21-14)8-2-1-3-11(17)5-8/h1-7H,(H2,19,20). The van der Waals surface area contributed by atoms with Gasteiger partial charge in [0.05, 0.1) is 5.56 Å². The molecule has 106 valence electrons. The van der Waals surface area contributed by atoms with Crippen LogP contribution in [0, 0.1) is 11.6 Å². The van der Waals surface area contributed by atoms with Gasteiger partial charge in [0.25, 0.3) is 0 Å². The first kappa shape index (κ1) is 13.8. The highest BCUT2D eigenvalue weighted by molar-refractivity contribution is 9.10. The van der Waals surface area contributed by atoms with E-state index in [1.54, 1.807) is 18.2 Å². The van der Waals surface area contributed by atoms with E-state index in [1.807, 2.05) is 0 Å². The van der Waals surface area contributed by atoms with Crippen molar-refractivity contribution in [1.82, 2.24) is 5.16 Å². The number of benzene rings is 2. The van der Waals surface area contributed by atoms with Crippen molar-refractivity contribution < 1.29 is 13.3 Å². The summed E-state index contributed by atoms with van der Waals surface area (Å²) in [5.41, 5.74) is 7.22. The molecule has 0 bridgehead atoms. The van der Waals surface area contributed by atoms with E-state index in [0.29, 0.717) is 26.9 Å². The first-order chi connectivity index (χ1) is 10.0. The molecular formula is C15H9BrF2N2O. The summed E-state index contributed by atoms with van der Waals surface area (Å²) >= 11 is 3.22. The first-order valence-electron chi connectivity index (χ1n) is 6.02. The highest BCUT2D eigenvalue weighted by atomic mass is 79.9. The molecule has 3 aromatic rings. The Kier molecular flexibility index (Phi) is 3.47. The van der Waals surface area contributed by atoms with Crippen LogP contribution in [0.25, 0.3) is 22.5 Å². The topological polar surface area (TPSA) is 52.0 Å². The van der Waals surface area contributed by atoms with E-state index in [4.69, 9.17) is 10.3 Å². The molecule has 21 heavy (non-hydrogen) atoms. The van der Waals surface area contributed by atoms with Crippen LogP contribution in [0.15, 0.2) is 51.5 Å². The number of rotatable bonds is 2. The summed E-state index contributed by atoms with van der Waals surface area (Å²) in [6.07, 6.45) is 0. The van der Waals surface area contributed by atoms with Crippen LogP contribution in [-0.4, -0.2) is 5.16 Å².